The van der Waals surface area contributed by atoms with Gasteiger partial charge in [-0.3, -0.25) is 4.98 Å². The molecule has 0 bridgehead atoms. The predicted molar refractivity (Wildman–Crippen MR) is 220 cm³/mol. The Morgan fingerprint density at radius 2 is 0.769 bits per heavy atom. The van der Waals surface area contributed by atoms with Crippen molar-refractivity contribution in [3.05, 3.63) is 170 Å². The fourth-order valence-corrected chi connectivity index (χ4v) is 9.88. The molecule has 52 heavy (non-hydrogen) atoms. The Morgan fingerprint density at radius 3 is 1.31 bits per heavy atom. The summed E-state index contributed by atoms with van der Waals surface area (Å²) in [6.07, 6.45) is 4.08. The van der Waals surface area contributed by atoms with Gasteiger partial charge in [0.25, 0.3) is 0 Å². The lowest BCUT2D eigenvalue weighted by atomic mass is 10.1. The number of thiophene rings is 1. The van der Waals surface area contributed by atoms with E-state index in [1.165, 1.54) is 85.6 Å². The fourth-order valence-electron chi connectivity index (χ4n) is 8.72. The second kappa shape index (κ2) is 10.4. The number of aromatic nitrogens is 4. The van der Waals surface area contributed by atoms with Crippen molar-refractivity contribution in [3.8, 4) is 17.1 Å². The van der Waals surface area contributed by atoms with Crippen LogP contribution in [0.4, 0.5) is 0 Å². The highest BCUT2D eigenvalue weighted by Crippen LogP contribution is 2.43. The van der Waals surface area contributed by atoms with Gasteiger partial charge >= 0.3 is 0 Å². The van der Waals surface area contributed by atoms with Crippen LogP contribution in [0.5, 0.6) is 0 Å². The number of benzene rings is 7. The Bertz CT molecular complexity index is 3320. The van der Waals surface area contributed by atoms with E-state index in [-0.39, 0.29) is 0 Å². The topological polar surface area (TPSA) is 27.7 Å². The molecule has 0 fully saturated rings. The Hall–Kier alpha value is -6.69. The number of hydrogen-bond donors (Lipinski definition) is 0. The van der Waals surface area contributed by atoms with Gasteiger partial charge in [0.1, 0.15) is 0 Å². The van der Waals surface area contributed by atoms with Gasteiger partial charge in [-0.05, 0) is 66.7 Å². The number of rotatable bonds is 3. The van der Waals surface area contributed by atoms with Crippen LogP contribution in [-0.2, 0) is 0 Å². The molecule has 0 aliphatic heterocycles. The Balaban J connectivity index is 1.09. The Kier molecular flexibility index (Phi) is 5.62. The highest BCUT2D eigenvalue weighted by molar-refractivity contribution is 7.26. The molecule has 0 N–H and O–H groups in total. The molecule has 0 unspecified atom stereocenters. The van der Waals surface area contributed by atoms with Crippen molar-refractivity contribution in [2.24, 2.45) is 0 Å². The molecule has 7 aromatic carbocycles. The molecule has 0 aliphatic rings. The maximum Gasteiger partial charge on any atom is 0.0825 e. The van der Waals surface area contributed by atoms with Crippen molar-refractivity contribution >= 4 is 96.9 Å². The van der Waals surface area contributed by atoms with Crippen LogP contribution in [0.3, 0.4) is 0 Å². The van der Waals surface area contributed by atoms with E-state index in [1.807, 2.05) is 23.7 Å². The lowest BCUT2D eigenvalue weighted by Gasteiger charge is -2.11. The molecule has 5 heterocycles. The average Bonchev–Trinajstić information content (AvgIpc) is 3.94. The predicted octanol–water partition coefficient (Wildman–Crippen LogP) is 12.7. The van der Waals surface area contributed by atoms with Gasteiger partial charge in [0.15, 0.2) is 0 Å². The minimum atomic E-state index is 1.10. The molecule has 0 saturated carbocycles. The minimum absolute atomic E-state index is 1.10. The Labute approximate surface area is 301 Å². The van der Waals surface area contributed by atoms with E-state index in [2.05, 4.69) is 171 Å². The van der Waals surface area contributed by atoms with Gasteiger partial charge in [-0.2, -0.15) is 0 Å². The van der Waals surface area contributed by atoms with E-state index in [0.717, 1.165) is 17.1 Å². The number of hydrogen-bond acceptors (Lipinski definition) is 2. The van der Waals surface area contributed by atoms with Gasteiger partial charge in [0, 0.05) is 65.4 Å². The highest BCUT2D eigenvalue weighted by atomic mass is 32.1. The first-order chi connectivity index (χ1) is 25.8. The second-order valence-electron chi connectivity index (χ2n) is 13.6. The van der Waals surface area contributed by atoms with Crippen molar-refractivity contribution in [3.63, 3.8) is 0 Å². The molecular weight excluding hydrogens is 653 g/mol. The van der Waals surface area contributed by atoms with Gasteiger partial charge in [-0.25, -0.2) is 0 Å². The molecule has 0 saturated heterocycles. The van der Waals surface area contributed by atoms with Crippen molar-refractivity contribution in [1.29, 1.82) is 0 Å². The summed E-state index contributed by atoms with van der Waals surface area (Å²) in [4.78, 5) is 4.90. The van der Waals surface area contributed by atoms with Gasteiger partial charge < -0.3 is 13.7 Å². The molecule has 5 heteroatoms. The maximum absolute atomic E-state index is 4.90. The summed E-state index contributed by atoms with van der Waals surface area (Å²) in [5.74, 6) is 0. The summed E-state index contributed by atoms with van der Waals surface area (Å²) in [5, 5.41) is 9.92. The Morgan fingerprint density at radius 1 is 0.346 bits per heavy atom. The quantitative estimate of drug-likeness (QED) is 0.182. The number of pyridine rings is 1. The lowest BCUT2D eigenvalue weighted by Crippen LogP contribution is -1.96. The first-order valence-electron chi connectivity index (χ1n) is 17.6. The summed E-state index contributed by atoms with van der Waals surface area (Å²) in [6.45, 7) is 0. The summed E-state index contributed by atoms with van der Waals surface area (Å²) < 4.78 is 9.70. The normalized spacial score (nSPS) is 12.2. The zero-order chi connectivity index (χ0) is 33.9. The van der Waals surface area contributed by atoms with Crippen LogP contribution in [-0.4, -0.2) is 18.7 Å². The fraction of sp³-hybridized carbons (Fsp3) is 0. The van der Waals surface area contributed by atoms with Crippen LogP contribution in [0.15, 0.2) is 170 Å². The molecule has 0 atom stereocenters. The van der Waals surface area contributed by atoms with E-state index < -0.39 is 0 Å². The maximum atomic E-state index is 4.90. The van der Waals surface area contributed by atoms with E-state index in [9.17, 15) is 0 Å². The molecule has 4 nitrogen and oxygen atoms in total. The van der Waals surface area contributed by atoms with Crippen molar-refractivity contribution in [2.75, 3.05) is 0 Å². The highest BCUT2D eigenvalue weighted by Gasteiger charge is 2.20. The molecule has 12 rings (SSSR count). The zero-order valence-corrected chi connectivity index (χ0v) is 28.7. The van der Waals surface area contributed by atoms with E-state index in [4.69, 9.17) is 4.98 Å². The van der Waals surface area contributed by atoms with Crippen LogP contribution in [0, 0.1) is 0 Å². The monoisotopic (exact) mass is 680 g/mol. The SMILES string of the molecule is c1ccc2c(c1)c1ccccc1n2-c1ccc2sc3c(-n4c5ccccc5c5cc(-n6c7ccccc7c7ccccc76)ccc54)cncc3c2c1. The molecule has 0 amide bonds. The van der Waals surface area contributed by atoms with Crippen LogP contribution in [0.1, 0.15) is 0 Å². The first-order valence-corrected chi connectivity index (χ1v) is 18.4. The molecule has 0 spiro atoms. The molecule has 0 aliphatic carbocycles. The van der Waals surface area contributed by atoms with E-state index in [0.29, 0.717) is 0 Å². The van der Waals surface area contributed by atoms with Crippen LogP contribution in [0.25, 0.3) is 103 Å². The zero-order valence-electron chi connectivity index (χ0n) is 27.9. The molecule has 242 valence electrons. The van der Waals surface area contributed by atoms with Crippen LogP contribution < -0.4 is 0 Å². The molecular formula is C47H28N4S. The van der Waals surface area contributed by atoms with Crippen LogP contribution in [0.2, 0.25) is 0 Å². The average molecular weight is 681 g/mol. The first kappa shape index (κ1) is 28.1. The third-order valence-electron chi connectivity index (χ3n) is 10.9. The van der Waals surface area contributed by atoms with Gasteiger partial charge in [-0.15, -0.1) is 11.3 Å². The van der Waals surface area contributed by atoms with Crippen molar-refractivity contribution in [2.45, 2.75) is 0 Å². The molecule has 12 aromatic rings. The lowest BCUT2D eigenvalue weighted by molar-refractivity contribution is 1.16. The third kappa shape index (κ3) is 3.72. The number of para-hydroxylation sites is 5. The minimum Gasteiger partial charge on any atom is -0.309 e. The van der Waals surface area contributed by atoms with Gasteiger partial charge in [0.05, 0.1) is 49.7 Å². The number of nitrogens with zero attached hydrogens (tertiary/aromatic N) is 4. The van der Waals surface area contributed by atoms with E-state index >= 15 is 0 Å². The summed E-state index contributed by atoms with van der Waals surface area (Å²) >= 11 is 1.85. The van der Waals surface area contributed by atoms with Crippen molar-refractivity contribution < 1.29 is 0 Å². The summed E-state index contributed by atoms with van der Waals surface area (Å²) in [5.41, 5.74) is 10.6. The molecule has 5 aromatic heterocycles. The smallest absolute Gasteiger partial charge is 0.0825 e. The van der Waals surface area contributed by atoms with Crippen molar-refractivity contribution in [1.82, 2.24) is 18.7 Å². The largest absolute Gasteiger partial charge is 0.309 e. The van der Waals surface area contributed by atoms with E-state index in [1.54, 1.807) is 0 Å². The third-order valence-corrected chi connectivity index (χ3v) is 12.1. The summed E-state index contributed by atoms with van der Waals surface area (Å²) in [7, 11) is 0. The van der Waals surface area contributed by atoms with Gasteiger partial charge in [0.2, 0.25) is 0 Å². The summed E-state index contributed by atoms with van der Waals surface area (Å²) in [6, 6.07) is 57.4. The standard InChI is InChI=1S/C47H28N4S/c1-6-16-39-31(11-1)32-12-2-7-17-40(32)49(39)29-21-23-44-36(25-29)35-15-5-10-20-43(35)51(44)45-28-48-27-38-37-26-30(22-24-46(37)52-47(38)45)50-41-18-8-3-13-33(41)34-14-4-9-19-42(34)50/h1-28H. The van der Waals surface area contributed by atoms with Crippen LogP contribution >= 0.6 is 11.3 Å². The van der Waals surface area contributed by atoms with Gasteiger partial charge in [-0.1, -0.05) is 91.0 Å². The second-order valence-corrected chi connectivity index (χ2v) is 14.7. The molecule has 0 radical (unpaired) electrons. The number of fused-ring (bicyclic) bond motifs is 12.